The quantitative estimate of drug-likeness (QED) is 0.437. The first-order valence-corrected chi connectivity index (χ1v) is 9.79. The summed E-state index contributed by atoms with van der Waals surface area (Å²) in [5.74, 6) is -0.256. The molecule has 0 bridgehead atoms. The molecule has 0 saturated carbocycles. The summed E-state index contributed by atoms with van der Waals surface area (Å²) in [6.45, 7) is 2.90. The van der Waals surface area contributed by atoms with E-state index in [4.69, 9.17) is 0 Å². The molecule has 0 aliphatic carbocycles. The third-order valence-electron chi connectivity index (χ3n) is 3.81. The van der Waals surface area contributed by atoms with Crippen LogP contribution in [0.3, 0.4) is 0 Å². The van der Waals surface area contributed by atoms with Crippen LogP contribution >= 0.6 is 0 Å². The SMILES string of the molecule is CN=C(NCCNS(C)(=O)=O)N1CCN(c2cc(F)ccc2F)CC1. The second kappa shape index (κ2) is 8.43. The Bertz CT molecular complexity index is 719. The number of piperazine rings is 1. The summed E-state index contributed by atoms with van der Waals surface area (Å²) in [5, 5.41) is 3.08. The lowest BCUT2D eigenvalue weighted by molar-refractivity contribution is 0.371. The van der Waals surface area contributed by atoms with Crippen molar-refractivity contribution in [3.8, 4) is 0 Å². The number of benzene rings is 1. The molecule has 2 rings (SSSR count). The molecule has 1 aliphatic heterocycles. The minimum absolute atomic E-state index is 0.256. The van der Waals surface area contributed by atoms with E-state index in [0.717, 1.165) is 18.4 Å². The summed E-state index contributed by atoms with van der Waals surface area (Å²) in [6, 6.07) is 3.44. The molecule has 0 atom stereocenters. The molecule has 1 aromatic carbocycles. The van der Waals surface area contributed by atoms with Crippen molar-refractivity contribution in [2.75, 3.05) is 57.5 Å². The number of sulfonamides is 1. The summed E-state index contributed by atoms with van der Waals surface area (Å²) >= 11 is 0. The first-order valence-electron chi connectivity index (χ1n) is 7.90. The molecule has 10 heteroatoms. The smallest absolute Gasteiger partial charge is 0.208 e. The van der Waals surface area contributed by atoms with Crippen LogP contribution < -0.4 is 14.9 Å². The molecule has 1 heterocycles. The highest BCUT2D eigenvalue weighted by Crippen LogP contribution is 2.21. The minimum Gasteiger partial charge on any atom is -0.366 e. The Labute approximate surface area is 146 Å². The molecule has 25 heavy (non-hydrogen) atoms. The topological polar surface area (TPSA) is 77.0 Å². The average molecular weight is 375 g/mol. The van der Waals surface area contributed by atoms with Crippen molar-refractivity contribution in [2.45, 2.75) is 0 Å². The predicted octanol–water partition coefficient (Wildman–Crippen LogP) is 0.211. The molecule has 0 spiro atoms. The number of rotatable bonds is 5. The van der Waals surface area contributed by atoms with Crippen molar-refractivity contribution >= 4 is 21.7 Å². The van der Waals surface area contributed by atoms with Gasteiger partial charge in [0, 0.05) is 52.4 Å². The number of guanidine groups is 1. The highest BCUT2D eigenvalue weighted by atomic mass is 32.2. The average Bonchev–Trinajstić information content (AvgIpc) is 2.56. The lowest BCUT2D eigenvalue weighted by Crippen LogP contribution is -2.53. The normalized spacial score (nSPS) is 16.2. The van der Waals surface area contributed by atoms with Crippen LogP contribution in [0.25, 0.3) is 0 Å². The van der Waals surface area contributed by atoms with Crippen LogP contribution in [0, 0.1) is 11.6 Å². The fourth-order valence-electron chi connectivity index (χ4n) is 2.63. The highest BCUT2D eigenvalue weighted by Gasteiger charge is 2.21. The predicted molar refractivity (Wildman–Crippen MR) is 94.4 cm³/mol. The van der Waals surface area contributed by atoms with Crippen molar-refractivity contribution in [1.29, 1.82) is 0 Å². The summed E-state index contributed by atoms with van der Waals surface area (Å²) < 4.78 is 51.6. The van der Waals surface area contributed by atoms with Crippen LogP contribution in [0.5, 0.6) is 0 Å². The molecule has 0 unspecified atom stereocenters. The first kappa shape index (κ1) is 19.4. The molecule has 0 radical (unpaired) electrons. The van der Waals surface area contributed by atoms with Gasteiger partial charge in [-0.05, 0) is 12.1 Å². The minimum atomic E-state index is -3.22. The Kier molecular flexibility index (Phi) is 6.54. The van der Waals surface area contributed by atoms with Gasteiger partial charge in [0.05, 0.1) is 11.9 Å². The summed E-state index contributed by atoms with van der Waals surface area (Å²) in [6.07, 6.45) is 1.10. The van der Waals surface area contributed by atoms with Crippen molar-refractivity contribution in [3.05, 3.63) is 29.8 Å². The van der Waals surface area contributed by atoms with Gasteiger partial charge in [-0.2, -0.15) is 0 Å². The maximum atomic E-state index is 13.9. The van der Waals surface area contributed by atoms with Crippen LogP contribution in [0.1, 0.15) is 0 Å². The molecular formula is C15H23F2N5O2S. The van der Waals surface area contributed by atoms with Gasteiger partial charge >= 0.3 is 0 Å². The number of hydrogen-bond acceptors (Lipinski definition) is 4. The van der Waals surface area contributed by atoms with Gasteiger partial charge in [0.15, 0.2) is 5.96 Å². The van der Waals surface area contributed by atoms with E-state index in [1.54, 1.807) is 11.9 Å². The Morgan fingerprint density at radius 1 is 1.20 bits per heavy atom. The third-order valence-corrected chi connectivity index (χ3v) is 4.54. The fraction of sp³-hybridized carbons (Fsp3) is 0.533. The largest absolute Gasteiger partial charge is 0.366 e. The molecule has 0 amide bonds. The zero-order valence-corrected chi connectivity index (χ0v) is 15.1. The van der Waals surface area contributed by atoms with Crippen molar-refractivity contribution in [1.82, 2.24) is 14.9 Å². The molecule has 1 saturated heterocycles. The van der Waals surface area contributed by atoms with Gasteiger partial charge in [0.1, 0.15) is 11.6 Å². The number of hydrogen-bond donors (Lipinski definition) is 2. The maximum Gasteiger partial charge on any atom is 0.208 e. The van der Waals surface area contributed by atoms with Gasteiger partial charge in [-0.25, -0.2) is 21.9 Å². The van der Waals surface area contributed by atoms with Crippen LogP contribution in [-0.4, -0.2) is 71.8 Å². The monoisotopic (exact) mass is 375 g/mol. The van der Waals surface area contributed by atoms with Gasteiger partial charge in [-0.1, -0.05) is 0 Å². The van der Waals surface area contributed by atoms with Crippen LogP contribution in [0.2, 0.25) is 0 Å². The molecule has 1 aliphatic rings. The maximum absolute atomic E-state index is 13.9. The Morgan fingerprint density at radius 3 is 2.48 bits per heavy atom. The summed E-state index contributed by atoms with van der Waals surface area (Å²) in [4.78, 5) is 7.97. The van der Waals surface area contributed by atoms with Gasteiger partial charge < -0.3 is 15.1 Å². The Morgan fingerprint density at radius 2 is 1.88 bits per heavy atom. The molecular weight excluding hydrogens is 352 g/mol. The molecule has 1 aromatic rings. The fourth-order valence-corrected chi connectivity index (χ4v) is 3.10. The number of halogens is 2. The third kappa shape index (κ3) is 5.82. The van der Waals surface area contributed by atoms with E-state index in [1.807, 2.05) is 4.90 Å². The van der Waals surface area contributed by atoms with Crippen molar-refractivity contribution in [3.63, 3.8) is 0 Å². The lowest BCUT2D eigenvalue weighted by Gasteiger charge is -2.37. The van der Waals surface area contributed by atoms with E-state index in [0.29, 0.717) is 38.7 Å². The molecule has 1 fully saturated rings. The number of anilines is 1. The van der Waals surface area contributed by atoms with Crippen molar-refractivity contribution < 1.29 is 17.2 Å². The Balaban J connectivity index is 1.86. The molecule has 140 valence electrons. The van der Waals surface area contributed by atoms with Gasteiger partial charge in [-0.3, -0.25) is 4.99 Å². The van der Waals surface area contributed by atoms with Crippen LogP contribution in [-0.2, 0) is 10.0 Å². The van der Waals surface area contributed by atoms with E-state index in [9.17, 15) is 17.2 Å². The highest BCUT2D eigenvalue weighted by molar-refractivity contribution is 7.88. The van der Waals surface area contributed by atoms with E-state index in [-0.39, 0.29) is 12.2 Å². The van der Waals surface area contributed by atoms with Gasteiger partial charge in [0.25, 0.3) is 0 Å². The van der Waals surface area contributed by atoms with Crippen molar-refractivity contribution in [2.24, 2.45) is 4.99 Å². The van der Waals surface area contributed by atoms with E-state index >= 15 is 0 Å². The lowest BCUT2D eigenvalue weighted by atomic mass is 10.2. The number of aliphatic imine (C=N–C) groups is 1. The zero-order chi connectivity index (χ0) is 18.4. The van der Waals surface area contributed by atoms with E-state index in [1.165, 1.54) is 6.07 Å². The van der Waals surface area contributed by atoms with Crippen LogP contribution in [0.4, 0.5) is 14.5 Å². The van der Waals surface area contributed by atoms with Crippen LogP contribution in [0.15, 0.2) is 23.2 Å². The van der Waals surface area contributed by atoms with E-state index in [2.05, 4.69) is 15.0 Å². The molecule has 7 nitrogen and oxygen atoms in total. The molecule has 2 N–H and O–H groups in total. The number of nitrogens with zero attached hydrogens (tertiary/aromatic N) is 3. The first-order chi connectivity index (χ1) is 11.8. The summed E-state index contributed by atoms with van der Waals surface area (Å²) in [7, 11) is -1.57. The van der Waals surface area contributed by atoms with E-state index < -0.39 is 21.7 Å². The second-order valence-electron chi connectivity index (χ2n) is 5.71. The second-order valence-corrected chi connectivity index (χ2v) is 7.54. The molecule has 0 aromatic heterocycles. The Hall–Kier alpha value is -1.94. The number of nitrogens with one attached hydrogen (secondary N) is 2. The summed E-state index contributed by atoms with van der Waals surface area (Å²) in [5.41, 5.74) is 0.264. The van der Waals surface area contributed by atoms with Gasteiger partial charge in [0.2, 0.25) is 10.0 Å². The van der Waals surface area contributed by atoms with Gasteiger partial charge in [-0.15, -0.1) is 0 Å². The standard InChI is InChI=1S/C15H23F2N5O2S/c1-18-15(19-5-6-20-25(2,23)24)22-9-7-21(8-10-22)14-11-12(16)3-4-13(14)17/h3-4,11,20H,5-10H2,1-2H3,(H,18,19). The zero-order valence-electron chi connectivity index (χ0n) is 14.3.